The van der Waals surface area contributed by atoms with Gasteiger partial charge in [-0.3, -0.25) is 4.79 Å². The SMILES string of the molecule is O=C(CCCCBr)Nc1c(Cl)cccc1Cl. The number of hydrogen-bond donors (Lipinski definition) is 1. The molecule has 0 unspecified atom stereocenters. The van der Waals surface area contributed by atoms with E-state index in [0.717, 1.165) is 18.2 Å². The average molecular weight is 325 g/mol. The van der Waals surface area contributed by atoms with Gasteiger partial charge in [0, 0.05) is 11.8 Å². The predicted octanol–water partition coefficient (Wildman–Crippen LogP) is 4.50. The molecule has 0 aliphatic carbocycles. The van der Waals surface area contributed by atoms with Crippen LogP contribution in [0.5, 0.6) is 0 Å². The molecule has 1 N–H and O–H groups in total. The highest BCUT2D eigenvalue weighted by molar-refractivity contribution is 9.09. The van der Waals surface area contributed by atoms with Crippen LogP contribution >= 0.6 is 39.1 Å². The lowest BCUT2D eigenvalue weighted by Gasteiger charge is -2.08. The molecule has 1 aromatic carbocycles. The van der Waals surface area contributed by atoms with E-state index in [9.17, 15) is 4.79 Å². The second-order valence-electron chi connectivity index (χ2n) is 3.29. The molecule has 0 saturated carbocycles. The minimum Gasteiger partial charge on any atom is -0.324 e. The first-order chi connectivity index (χ1) is 7.65. The fourth-order valence-corrected chi connectivity index (χ4v) is 2.09. The molecular formula is C11H12BrCl2NO. The lowest BCUT2D eigenvalue weighted by Crippen LogP contribution is -2.11. The zero-order chi connectivity index (χ0) is 12.0. The van der Waals surface area contributed by atoms with Crippen LogP contribution in [0.1, 0.15) is 19.3 Å². The second-order valence-corrected chi connectivity index (χ2v) is 4.90. The number of anilines is 1. The van der Waals surface area contributed by atoms with E-state index in [0.29, 0.717) is 22.2 Å². The Bertz CT molecular complexity index is 351. The van der Waals surface area contributed by atoms with Crippen LogP contribution in [0.4, 0.5) is 5.69 Å². The van der Waals surface area contributed by atoms with Gasteiger partial charge in [0.2, 0.25) is 5.91 Å². The summed E-state index contributed by atoms with van der Waals surface area (Å²) in [5, 5.41) is 4.55. The normalized spacial score (nSPS) is 10.2. The lowest BCUT2D eigenvalue weighted by atomic mass is 10.2. The first-order valence-corrected chi connectivity index (χ1v) is 6.82. The number of benzene rings is 1. The number of halogens is 3. The Labute approximate surface area is 113 Å². The van der Waals surface area contributed by atoms with Crippen molar-refractivity contribution in [2.24, 2.45) is 0 Å². The molecule has 2 nitrogen and oxygen atoms in total. The van der Waals surface area contributed by atoms with Gasteiger partial charge in [-0.15, -0.1) is 0 Å². The summed E-state index contributed by atoms with van der Waals surface area (Å²) in [5.74, 6) is -0.0593. The van der Waals surface area contributed by atoms with Crippen molar-refractivity contribution in [2.75, 3.05) is 10.6 Å². The van der Waals surface area contributed by atoms with Gasteiger partial charge in [-0.25, -0.2) is 0 Å². The van der Waals surface area contributed by atoms with E-state index in [1.54, 1.807) is 18.2 Å². The predicted molar refractivity (Wildman–Crippen MR) is 72.7 cm³/mol. The number of carbonyl (C=O) groups excluding carboxylic acids is 1. The van der Waals surface area contributed by atoms with Crippen molar-refractivity contribution < 1.29 is 4.79 Å². The quantitative estimate of drug-likeness (QED) is 0.627. The molecule has 1 aromatic rings. The Morgan fingerprint density at radius 3 is 2.44 bits per heavy atom. The standard InChI is InChI=1S/C11H12BrCl2NO/c12-7-2-1-6-10(16)15-11-8(13)4-3-5-9(11)14/h3-5H,1-2,6-7H2,(H,15,16). The summed E-state index contributed by atoms with van der Waals surface area (Å²) in [7, 11) is 0. The van der Waals surface area contributed by atoms with Crippen molar-refractivity contribution in [3.05, 3.63) is 28.2 Å². The fourth-order valence-electron chi connectivity index (χ4n) is 1.20. The molecule has 0 bridgehead atoms. The van der Waals surface area contributed by atoms with Crippen LogP contribution < -0.4 is 5.32 Å². The van der Waals surface area contributed by atoms with E-state index in [2.05, 4.69) is 21.2 Å². The number of para-hydroxylation sites is 1. The maximum Gasteiger partial charge on any atom is 0.224 e. The molecule has 5 heteroatoms. The van der Waals surface area contributed by atoms with Crippen LogP contribution in [0.2, 0.25) is 10.0 Å². The van der Waals surface area contributed by atoms with Gasteiger partial charge in [0.25, 0.3) is 0 Å². The zero-order valence-electron chi connectivity index (χ0n) is 8.60. The number of amides is 1. The molecule has 0 atom stereocenters. The molecular weight excluding hydrogens is 313 g/mol. The molecule has 0 aliphatic rings. The Kier molecular flexibility index (Phi) is 6.17. The largest absolute Gasteiger partial charge is 0.324 e. The van der Waals surface area contributed by atoms with Crippen LogP contribution in [0.15, 0.2) is 18.2 Å². The van der Waals surface area contributed by atoms with E-state index in [1.807, 2.05) is 0 Å². The summed E-state index contributed by atoms with van der Waals surface area (Å²) in [6, 6.07) is 5.13. The van der Waals surface area contributed by atoms with E-state index >= 15 is 0 Å². The number of hydrogen-bond acceptors (Lipinski definition) is 1. The summed E-state index contributed by atoms with van der Waals surface area (Å²) in [5.41, 5.74) is 0.495. The highest BCUT2D eigenvalue weighted by atomic mass is 79.9. The lowest BCUT2D eigenvalue weighted by molar-refractivity contribution is -0.116. The zero-order valence-corrected chi connectivity index (χ0v) is 11.7. The number of nitrogens with one attached hydrogen (secondary N) is 1. The van der Waals surface area contributed by atoms with Gasteiger partial charge < -0.3 is 5.32 Å². The smallest absolute Gasteiger partial charge is 0.224 e. The van der Waals surface area contributed by atoms with Crippen molar-refractivity contribution >= 4 is 50.7 Å². The van der Waals surface area contributed by atoms with E-state index < -0.39 is 0 Å². The molecule has 0 aliphatic heterocycles. The topological polar surface area (TPSA) is 29.1 Å². The van der Waals surface area contributed by atoms with Gasteiger partial charge in [0.15, 0.2) is 0 Å². The van der Waals surface area contributed by atoms with Crippen molar-refractivity contribution in [2.45, 2.75) is 19.3 Å². The molecule has 0 saturated heterocycles. The maximum absolute atomic E-state index is 11.5. The van der Waals surface area contributed by atoms with E-state index in [4.69, 9.17) is 23.2 Å². The highest BCUT2D eigenvalue weighted by Gasteiger charge is 2.08. The Hall–Kier alpha value is -0.250. The molecule has 1 amide bonds. The summed E-state index contributed by atoms with van der Waals surface area (Å²) >= 11 is 15.2. The van der Waals surface area contributed by atoms with Crippen LogP contribution in [-0.4, -0.2) is 11.2 Å². The van der Waals surface area contributed by atoms with Gasteiger partial charge in [-0.1, -0.05) is 45.2 Å². The Morgan fingerprint density at radius 1 is 1.25 bits per heavy atom. The van der Waals surface area contributed by atoms with Crippen molar-refractivity contribution in [3.8, 4) is 0 Å². The van der Waals surface area contributed by atoms with Crippen LogP contribution in [0.25, 0.3) is 0 Å². The molecule has 16 heavy (non-hydrogen) atoms. The number of unbranched alkanes of at least 4 members (excludes halogenated alkanes) is 1. The molecule has 0 fully saturated rings. The van der Waals surface area contributed by atoms with E-state index in [1.165, 1.54) is 0 Å². The average Bonchev–Trinajstić information content (AvgIpc) is 2.24. The molecule has 0 aromatic heterocycles. The minimum atomic E-state index is -0.0593. The van der Waals surface area contributed by atoms with Crippen molar-refractivity contribution in [1.29, 1.82) is 0 Å². The first kappa shape index (κ1) is 13.8. The number of rotatable bonds is 5. The monoisotopic (exact) mass is 323 g/mol. The second kappa shape index (κ2) is 7.15. The van der Waals surface area contributed by atoms with Crippen LogP contribution in [0, 0.1) is 0 Å². The summed E-state index contributed by atoms with van der Waals surface area (Å²) < 4.78 is 0. The summed E-state index contributed by atoms with van der Waals surface area (Å²) in [6.07, 6.45) is 2.30. The summed E-state index contributed by atoms with van der Waals surface area (Å²) in [4.78, 5) is 11.5. The van der Waals surface area contributed by atoms with Gasteiger partial charge in [0.05, 0.1) is 15.7 Å². The number of alkyl halides is 1. The molecule has 88 valence electrons. The van der Waals surface area contributed by atoms with E-state index in [-0.39, 0.29) is 5.91 Å². The first-order valence-electron chi connectivity index (χ1n) is 4.95. The molecule has 0 heterocycles. The molecule has 1 rings (SSSR count). The van der Waals surface area contributed by atoms with Crippen LogP contribution in [-0.2, 0) is 4.79 Å². The van der Waals surface area contributed by atoms with Gasteiger partial charge >= 0.3 is 0 Å². The molecule has 0 radical (unpaired) electrons. The van der Waals surface area contributed by atoms with Crippen molar-refractivity contribution in [1.82, 2.24) is 0 Å². The Balaban J connectivity index is 2.56. The fraction of sp³-hybridized carbons (Fsp3) is 0.364. The maximum atomic E-state index is 11.5. The third-order valence-corrected chi connectivity index (χ3v) is 3.21. The van der Waals surface area contributed by atoms with Gasteiger partial charge in [0.1, 0.15) is 0 Å². The Morgan fingerprint density at radius 2 is 1.88 bits per heavy atom. The van der Waals surface area contributed by atoms with Gasteiger partial charge in [-0.05, 0) is 25.0 Å². The number of carbonyl (C=O) groups is 1. The molecule has 0 spiro atoms. The van der Waals surface area contributed by atoms with Crippen LogP contribution in [0.3, 0.4) is 0 Å². The third kappa shape index (κ3) is 4.32. The third-order valence-electron chi connectivity index (χ3n) is 2.01. The minimum absolute atomic E-state index is 0.0593. The summed E-state index contributed by atoms with van der Waals surface area (Å²) in [6.45, 7) is 0. The van der Waals surface area contributed by atoms with Crippen molar-refractivity contribution in [3.63, 3.8) is 0 Å². The highest BCUT2D eigenvalue weighted by Crippen LogP contribution is 2.29. The van der Waals surface area contributed by atoms with Gasteiger partial charge in [-0.2, -0.15) is 0 Å².